The highest BCUT2D eigenvalue weighted by Crippen LogP contribution is 2.28. The fourth-order valence-electron chi connectivity index (χ4n) is 2.38. The van der Waals surface area contributed by atoms with Crippen molar-refractivity contribution in [3.05, 3.63) is 23.7 Å². The van der Waals surface area contributed by atoms with Crippen LogP contribution in [-0.2, 0) is 6.42 Å². The van der Waals surface area contributed by atoms with Crippen molar-refractivity contribution in [1.82, 2.24) is 4.90 Å². The molecule has 0 bridgehead atoms. The summed E-state index contributed by atoms with van der Waals surface area (Å²) >= 11 is 2.03. The molecular weight excluding hydrogens is 232 g/mol. The topological polar surface area (TPSA) is 42.4 Å². The highest BCUT2D eigenvalue weighted by Gasteiger charge is 2.28. The monoisotopic (exact) mass is 254 g/mol. The number of rotatable bonds is 4. The lowest BCUT2D eigenvalue weighted by Gasteiger charge is -2.37. The summed E-state index contributed by atoms with van der Waals surface area (Å²) in [4.78, 5) is 2.48. The molecule has 1 aliphatic rings. The SMILES string of the molecule is CCc1ccc(C(CN)N2CCSCC2C)o1. The highest BCUT2D eigenvalue weighted by atomic mass is 32.2. The Balaban J connectivity index is 2.14. The van der Waals surface area contributed by atoms with Crippen LogP contribution >= 0.6 is 11.8 Å². The summed E-state index contributed by atoms with van der Waals surface area (Å²) in [6, 6.07) is 4.98. The molecule has 1 saturated heterocycles. The van der Waals surface area contributed by atoms with E-state index in [0.717, 1.165) is 24.5 Å². The first-order valence-corrected chi connectivity index (χ1v) is 7.54. The molecule has 0 aromatic carbocycles. The van der Waals surface area contributed by atoms with Crippen molar-refractivity contribution >= 4 is 11.8 Å². The molecule has 2 rings (SSSR count). The third-order valence-corrected chi connectivity index (χ3v) is 4.59. The number of hydrogen-bond donors (Lipinski definition) is 1. The zero-order valence-corrected chi connectivity index (χ0v) is 11.5. The lowest BCUT2D eigenvalue weighted by atomic mass is 10.1. The molecule has 1 aromatic heterocycles. The van der Waals surface area contributed by atoms with Crippen LogP contribution in [0.5, 0.6) is 0 Å². The maximum atomic E-state index is 5.94. The maximum absolute atomic E-state index is 5.94. The first kappa shape index (κ1) is 13.0. The Hall–Kier alpha value is -0.450. The van der Waals surface area contributed by atoms with Gasteiger partial charge in [-0.1, -0.05) is 6.92 Å². The molecule has 2 unspecified atom stereocenters. The Morgan fingerprint density at radius 1 is 1.59 bits per heavy atom. The number of nitrogens with two attached hydrogens (primary N) is 1. The second-order valence-electron chi connectivity index (χ2n) is 4.57. The Labute approximate surface area is 108 Å². The summed E-state index contributed by atoms with van der Waals surface area (Å²) in [5.74, 6) is 4.47. The number of hydrogen-bond acceptors (Lipinski definition) is 4. The van der Waals surface area contributed by atoms with Crippen molar-refractivity contribution in [2.24, 2.45) is 5.73 Å². The lowest BCUT2D eigenvalue weighted by molar-refractivity contribution is 0.146. The van der Waals surface area contributed by atoms with Crippen molar-refractivity contribution in [2.75, 3.05) is 24.6 Å². The summed E-state index contributed by atoms with van der Waals surface area (Å²) in [7, 11) is 0. The van der Waals surface area contributed by atoms with Crippen LogP contribution in [0, 0.1) is 0 Å². The summed E-state index contributed by atoms with van der Waals surface area (Å²) in [5, 5.41) is 0. The van der Waals surface area contributed by atoms with Crippen LogP contribution in [0.25, 0.3) is 0 Å². The second-order valence-corrected chi connectivity index (χ2v) is 5.72. The average molecular weight is 254 g/mol. The smallest absolute Gasteiger partial charge is 0.122 e. The minimum absolute atomic E-state index is 0.242. The van der Waals surface area contributed by atoms with Gasteiger partial charge in [-0.2, -0.15) is 11.8 Å². The van der Waals surface area contributed by atoms with Crippen molar-refractivity contribution < 1.29 is 4.42 Å². The van der Waals surface area contributed by atoms with E-state index in [-0.39, 0.29) is 6.04 Å². The minimum atomic E-state index is 0.242. The van der Waals surface area contributed by atoms with Crippen LogP contribution in [0.3, 0.4) is 0 Å². The first-order valence-electron chi connectivity index (χ1n) is 6.38. The van der Waals surface area contributed by atoms with Crippen molar-refractivity contribution in [2.45, 2.75) is 32.4 Å². The number of nitrogens with zero attached hydrogens (tertiary/aromatic N) is 1. The van der Waals surface area contributed by atoms with Gasteiger partial charge in [0.05, 0.1) is 6.04 Å². The molecule has 96 valence electrons. The van der Waals surface area contributed by atoms with Gasteiger partial charge in [0.2, 0.25) is 0 Å². The molecule has 2 heterocycles. The van der Waals surface area contributed by atoms with Crippen molar-refractivity contribution in [3.63, 3.8) is 0 Å². The number of thioether (sulfide) groups is 1. The number of aryl methyl sites for hydroxylation is 1. The van der Waals surface area contributed by atoms with Crippen LogP contribution in [0.15, 0.2) is 16.5 Å². The zero-order chi connectivity index (χ0) is 12.3. The van der Waals surface area contributed by atoms with Gasteiger partial charge in [0.1, 0.15) is 11.5 Å². The van der Waals surface area contributed by atoms with E-state index in [2.05, 4.69) is 30.9 Å². The first-order chi connectivity index (χ1) is 8.26. The van der Waals surface area contributed by atoms with Gasteiger partial charge in [-0.05, 0) is 19.1 Å². The summed E-state index contributed by atoms with van der Waals surface area (Å²) in [5.41, 5.74) is 5.94. The Morgan fingerprint density at radius 3 is 3.00 bits per heavy atom. The fraction of sp³-hybridized carbons (Fsp3) is 0.692. The van der Waals surface area contributed by atoms with Gasteiger partial charge in [-0.25, -0.2) is 0 Å². The molecule has 0 aliphatic carbocycles. The quantitative estimate of drug-likeness (QED) is 0.895. The summed E-state index contributed by atoms with van der Waals surface area (Å²) in [6.07, 6.45) is 0.947. The molecule has 0 spiro atoms. The molecule has 2 atom stereocenters. The standard InChI is InChI=1S/C13H22N2OS/c1-3-11-4-5-13(16-11)12(8-14)15-6-7-17-9-10(15)2/h4-5,10,12H,3,6-9,14H2,1-2H3. The summed E-state index contributed by atoms with van der Waals surface area (Å²) in [6.45, 7) is 6.13. The van der Waals surface area contributed by atoms with Crippen molar-refractivity contribution in [1.29, 1.82) is 0 Å². The highest BCUT2D eigenvalue weighted by molar-refractivity contribution is 7.99. The molecular formula is C13H22N2OS. The van der Waals surface area contributed by atoms with E-state index < -0.39 is 0 Å². The molecule has 2 N–H and O–H groups in total. The largest absolute Gasteiger partial charge is 0.464 e. The average Bonchev–Trinajstić information content (AvgIpc) is 2.81. The predicted molar refractivity (Wildman–Crippen MR) is 73.4 cm³/mol. The van der Waals surface area contributed by atoms with E-state index in [9.17, 15) is 0 Å². The van der Waals surface area contributed by atoms with Gasteiger partial charge in [0, 0.05) is 37.1 Å². The molecule has 17 heavy (non-hydrogen) atoms. The molecule has 0 saturated carbocycles. The third-order valence-electron chi connectivity index (χ3n) is 3.40. The van der Waals surface area contributed by atoms with Gasteiger partial charge in [0.25, 0.3) is 0 Å². The lowest BCUT2D eigenvalue weighted by Crippen LogP contribution is -2.45. The molecule has 1 aromatic rings. The molecule has 0 amide bonds. The van der Waals surface area contributed by atoms with Gasteiger partial charge in [0.15, 0.2) is 0 Å². The molecule has 3 nitrogen and oxygen atoms in total. The van der Waals surface area contributed by atoms with Crippen molar-refractivity contribution in [3.8, 4) is 0 Å². The van der Waals surface area contributed by atoms with E-state index in [4.69, 9.17) is 10.2 Å². The maximum Gasteiger partial charge on any atom is 0.122 e. The second kappa shape index (κ2) is 5.94. The molecule has 4 heteroatoms. The molecule has 0 radical (unpaired) electrons. The number of furan rings is 1. The van der Waals surface area contributed by atoms with Gasteiger partial charge in [-0.3, -0.25) is 4.90 Å². The fourth-order valence-corrected chi connectivity index (χ4v) is 3.42. The van der Waals surface area contributed by atoms with Crippen LogP contribution in [0.4, 0.5) is 0 Å². The molecule has 1 fully saturated rings. The molecule has 1 aliphatic heterocycles. The zero-order valence-electron chi connectivity index (χ0n) is 10.7. The normalized spacial score (nSPS) is 23.8. The van der Waals surface area contributed by atoms with Gasteiger partial charge in [-0.15, -0.1) is 0 Å². The predicted octanol–water partition coefficient (Wildman–Crippen LogP) is 2.28. The van der Waals surface area contributed by atoms with Crippen LogP contribution in [0.1, 0.15) is 31.4 Å². The van der Waals surface area contributed by atoms with E-state index >= 15 is 0 Å². The Kier molecular flexibility index (Phi) is 4.54. The van der Waals surface area contributed by atoms with Gasteiger partial charge < -0.3 is 10.2 Å². The van der Waals surface area contributed by atoms with Crippen LogP contribution < -0.4 is 5.73 Å². The Morgan fingerprint density at radius 2 is 2.41 bits per heavy atom. The minimum Gasteiger partial charge on any atom is -0.464 e. The van der Waals surface area contributed by atoms with Crippen LogP contribution in [0.2, 0.25) is 0 Å². The van der Waals surface area contributed by atoms with E-state index in [1.54, 1.807) is 0 Å². The van der Waals surface area contributed by atoms with E-state index in [1.165, 1.54) is 11.5 Å². The van der Waals surface area contributed by atoms with Gasteiger partial charge >= 0.3 is 0 Å². The van der Waals surface area contributed by atoms with Crippen LogP contribution in [-0.4, -0.2) is 35.5 Å². The third kappa shape index (κ3) is 2.87. The summed E-state index contributed by atoms with van der Waals surface area (Å²) < 4.78 is 5.86. The van der Waals surface area contributed by atoms with E-state index in [1.807, 2.05) is 11.8 Å². The Bertz CT molecular complexity index is 353. The van der Waals surface area contributed by atoms with E-state index in [0.29, 0.717) is 12.6 Å².